The molecule has 0 aromatic carbocycles. The number of aryl methyl sites for hydroxylation is 2. The number of pyridine rings is 1. The first-order chi connectivity index (χ1) is 9.11. The second kappa shape index (κ2) is 5.97. The van der Waals surface area contributed by atoms with Crippen molar-refractivity contribution in [2.24, 2.45) is 0 Å². The van der Waals surface area contributed by atoms with E-state index in [0.717, 1.165) is 36.7 Å². The van der Waals surface area contributed by atoms with Gasteiger partial charge in [0.2, 0.25) is 0 Å². The SMILES string of the molecule is CCNCc1c(C)nn(Cc2cccc(C)n2)c1C. The second-order valence-corrected chi connectivity index (χ2v) is 4.86. The number of rotatable bonds is 5. The summed E-state index contributed by atoms with van der Waals surface area (Å²) >= 11 is 0. The Kier molecular flexibility index (Phi) is 4.32. The number of aromatic nitrogens is 3. The van der Waals surface area contributed by atoms with E-state index in [2.05, 4.69) is 36.2 Å². The highest BCUT2D eigenvalue weighted by molar-refractivity contribution is 5.25. The third-order valence-corrected chi connectivity index (χ3v) is 3.34. The van der Waals surface area contributed by atoms with Crippen LogP contribution >= 0.6 is 0 Å². The number of hydrogen-bond acceptors (Lipinski definition) is 3. The van der Waals surface area contributed by atoms with Gasteiger partial charge in [-0.25, -0.2) is 0 Å². The van der Waals surface area contributed by atoms with Gasteiger partial charge in [-0.2, -0.15) is 5.10 Å². The topological polar surface area (TPSA) is 42.7 Å². The van der Waals surface area contributed by atoms with Gasteiger partial charge in [0.25, 0.3) is 0 Å². The highest BCUT2D eigenvalue weighted by atomic mass is 15.3. The van der Waals surface area contributed by atoms with Crippen LogP contribution in [0.2, 0.25) is 0 Å². The molecule has 4 nitrogen and oxygen atoms in total. The summed E-state index contributed by atoms with van der Waals surface area (Å²) in [7, 11) is 0. The van der Waals surface area contributed by atoms with Gasteiger partial charge in [0, 0.05) is 23.5 Å². The van der Waals surface area contributed by atoms with Gasteiger partial charge in [0.1, 0.15) is 0 Å². The van der Waals surface area contributed by atoms with E-state index < -0.39 is 0 Å². The van der Waals surface area contributed by atoms with Crippen molar-refractivity contribution in [3.05, 3.63) is 46.5 Å². The van der Waals surface area contributed by atoms with Crippen molar-refractivity contribution in [3.63, 3.8) is 0 Å². The molecule has 4 heteroatoms. The standard InChI is InChI=1S/C15H22N4/c1-5-16-9-15-12(3)18-19(13(15)4)10-14-8-6-7-11(2)17-14/h6-8,16H,5,9-10H2,1-4H3. The molecule has 0 aliphatic heterocycles. The zero-order valence-electron chi connectivity index (χ0n) is 12.2. The molecule has 0 radical (unpaired) electrons. The summed E-state index contributed by atoms with van der Waals surface area (Å²) in [5.41, 5.74) is 5.73. The minimum atomic E-state index is 0.737. The van der Waals surface area contributed by atoms with E-state index in [1.54, 1.807) is 0 Å². The Labute approximate surface area is 114 Å². The Bertz CT molecular complexity index is 557. The van der Waals surface area contributed by atoms with Crippen molar-refractivity contribution in [2.75, 3.05) is 6.54 Å². The summed E-state index contributed by atoms with van der Waals surface area (Å²) in [5, 5.41) is 7.99. The van der Waals surface area contributed by atoms with E-state index in [1.165, 1.54) is 11.3 Å². The highest BCUT2D eigenvalue weighted by Crippen LogP contribution is 2.14. The van der Waals surface area contributed by atoms with Gasteiger partial charge < -0.3 is 5.32 Å². The van der Waals surface area contributed by atoms with Crippen LogP contribution in [0, 0.1) is 20.8 Å². The molecule has 0 aliphatic rings. The van der Waals surface area contributed by atoms with Gasteiger partial charge in [-0.05, 0) is 39.4 Å². The lowest BCUT2D eigenvalue weighted by Crippen LogP contribution is -2.13. The highest BCUT2D eigenvalue weighted by Gasteiger charge is 2.11. The minimum Gasteiger partial charge on any atom is -0.313 e. The zero-order valence-corrected chi connectivity index (χ0v) is 12.2. The average Bonchev–Trinajstić information content (AvgIpc) is 2.62. The largest absolute Gasteiger partial charge is 0.313 e. The maximum absolute atomic E-state index is 4.62. The van der Waals surface area contributed by atoms with Crippen molar-refractivity contribution in [3.8, 4) is 0 Å². The quantitative estimate of drug-likeness (QED) is 0.895. The van der Waals surface area contributed by atoms with Crippen LogP contribution in [-0.2, 0) is 13.1 Å². The Balaban J connectivity index is 2.21. The molecule has 1 N–H and O–H groups in total. The molecule has 2 rings (SSSR count). The molecule has 0 amide bonds. The first-order valence-corrected chi connectivity index (χ1v) is 6.78. The maximum Gasteiger partial charge on any atom is 0.0834 e. The first kappa shape index (κ1) is 13.7. The zero-order chi connectivity index (χ0) is 13.8. The fourth-order valence-electron chi connectivity index (χ4n) is 2.23. The van der Waals surface area contributed by atoms with Crippen LogP contribution in [0.3, 0.4) is 0 Å². The summed E-state index contributed by atoms with van der Waals surface area (Å²) in [6, 6.07) is 6.11. The van der Waals surface area contributed by atoms with Crippen LogP contribution in [0.1, 0.15) is 35.3 Å². The van der Waals surface area contributed by atoms with Gasteiger partial charge in [-0.1, -0.05) is 13.0 Å². The number of nitrogens with zero attached hydrogens (tertiary/aromatic N) is 3. The molecule has 0 unspecified atom stereocenters. The molecular weight excluding hydrogens is 236 g/mol. The third-order valence-electron chi connectivity index (χ3n) is 3.34. The molecule has 102 valence electrons. The second-order valence-electron chi connectivity index (χ2n) is 4.86. The van der Waals surface area contributed by atoms with Crippen molar-refractivity contribution in [2.45, 2.75) is 40.8 Å². The minimum absolute atomic E-state index is 0.737. The normalized spacial score (nSPS) is 10.9. The summed E-state index contributed by atoms with van der Waals surface area (Å²) in [6.07, 6.45) is 0. The summed E-state index contributed by atoms with van der Waals surface area (Å²) in [6.45, 7) is 10.9. The molecule has 2 aromatic rings. The molecule has 0 aliphatic carbocycles. The predicted octanol–water partition coefficient (Wildman–Crippen LogP) is 2.36. The Morgan fingerprint density at radius 1 is 1.21 bits per heavy atom. The number of hydrogen-bond donors (Lipinski definition) is 1. The summed E-state index contributed by atoms with van der Waals surface area (Å²) in [5.74, 6) is 0. The van der Waals surface area contributed by atoms with Gasteiger partial charge >= 0.3 is 0 Å². The Morgan fingerprint density at radius 2 is 2.00 bits per heavy atom. The lowest BCUT2D eigenvalue weighted by Gasteiger charge is -2.06. The van der Waals surface area contributed by atoms with E-state index >= 15 is 0 Å². The predicted molar refractivity (Wildman–Crippen MR) is 77.2 cm³/mol. The molecule has 0 saturated heterocycles. The van der Waals surface area contributed by atoms with Gasteiger partial charge in [0.15, 0.2) is 0 Å². The first-order valence-electron chi connectivity index (χ1n) is 6.78. The van der Waals surface area contributed by atoms with E-state index in [4.69, 9.17) is 0 Å². The third kappa shape index (κ3) is 3.20. The van der Waals surface area contributed by atoms with Crippen molar-refractivity contribution >= 4 is 0 Å². The van der Waals surface area contributed by atoms with Crippen molar-refractivity contribution in [1.82, 2.24) is 20.1 Å². The van der Waals surface area contributed by atoms with Crippen LogP contribution < -0.4 is 5.32 Å². The molecule has 2 heterocycles. The van der Waals surface area contributed by atoms with Crippen LogP contribution in [0.5, 0.6) is 0 Å². The van der Waals surface area contributed by atoms with Crippen molar-refractivity contribution in [1.29, 1.82) is 0 Å². The molecular formula is C15H22N4. The molecule has 19 heavy (non-hydrogen) atoms. The summed E-state index contributed by atoms with van der Waals surface area (Å²) in [4.78, 5) is 4.53. The van der Waals surface area contributed by atoms with Gasteiger partial charge in [-0.15, -0.1) is 0 Å². The van der Waals surface area contributed by atoms with E-state index in [1.807, 2.05) is 29.8 Å². The van der Waals surface area contributed by atoms with Crippen LogP contribution in [-0.4, -0.2) is 21.3 Å². The molecule has 0 fully saturated rings. The van der Waals surface area contributed by atoms with E-state index in [9.17, 15) is 0 Å². The molecule has 0 spiro atoms. The molecule has 0 bridgehead atoms. The lowest BCUT2D eigenvalue weighted by atomic mass is 10.2. The van der Waals surface area contributed by atoms with Gasteiger partial charge in [0.05, 0.1) is 17.9 Å². The molecule has 0 atom stereocenters. The number of nitrogens with one attached hydrogen (secondary N) is 1. The van der Waals surface area contributed by atoms with Crippen LogP contribution in [0.15, 0.2) is 18.2 Å². The fourth-order valence-corrected chi connectivity index (χ4v) is 2.23. The lowest BCUT2D eigenvalue weighted by molar-refractivity contribution is 0.642. The fraction of sp³-hybridized carbons (Fsp3) is 0.467. The maximum atomic E-state index is 4.62. The van der Waals surface area contributed by atoms with E-state index in [0.29, 0.717) is 0 Å². The average molecular weight is 258 g/mol. The van der Waals surface area contributed by atoms with Crippen LogP contribution in [0.25, 0.3) is 0 Å². The Hall–Kier alpha value is -1.68. The monoisotopic (exact) mass is 258 g/mol. The van der Waals surface area contributed by atoms with Gasteiger partial charge in [-0.3, -0.25) is 9.67 Å². The molecule has 2 aromatic heterocycles. The Morgan fingerprint density at radius 3 is 2.68 bits per heavy atom. The molecule has 0 saturated carbocycles. The van der Waals surface area contributed by atoms with Crippen molar-refractivity contribution < 1.29 is 0 Å². The summed E-state index contributed by atoms with van der Waals surface area (Å²) < 4.78 is 2.05. The van der Waals surface area contributed by atoms with Crippen LogP contribution in [0.4, 0.5) is 0 Å². The van der Waals surface area contributed by atoms with E-state index in [-0.39, 0.29) is 0 Å². The smallest absolute Gasteiger partial charge is 0.0834 e.